The van der Waals surface area contributed by atoms with Gasteiger partial charge < -0.3 is 15.3 Å². The Hall–Kier alpha value is -1.00. The van der Waals surface area contributed by atoms with Crippen molar-refractivity contribution in [3.63, 3.8) is 0 Å². The maximum Gasteiger partial charge on any atom is 0.336 e. The van der Waals surface area contributed by atoms with Crippen LogP contribution in [0.2, 0.25) is 0 Å². The molecular weight excluding hydrogens is 354 g/mol. The van der Waals surface area contributed by atoms with Crippen LogP contribution in [0, 0.1) is 0 Å². The van der Waals surface area contributed by atoms with Crippen LogP contribution < -0.4 is 0 Å². The molecule has 0 spiro atoms. The minimum atomic E-state index is -3.97. The van der Waals surface area contributed by atoms with Crippen LogP contribution in [0.15, 0.2) is 27.6 Å². The van der Waals surface area contributed by atoms with Gasteiger partial charge in [0.1, 0.15) is 0 Å². The molecule has 0 saturated heterocycles. The van der Waals surface area contributed by atoms with Gasteiger partial charge in [0.05, 0.1) is 23.7 Å². The topological polar surface area (TPSA) is 115 Å². The zero-order chi connectivity index (χ0) is 15.3. The summed E-state index contributed by atoms with van der Waals surface area (Å²) in [5.41, 5.74) is -0.181. The lowest BCUT2D eigenvalue weighted by molar-refractivity contribution is 0.0695. The highest BCUT2D eigenvalue weighted by molar-refractivity contribution is 9.10. The molecule has 0 aromatic heterocycles. The summed E-state index contributed by atoms with van der Waals surface area (Å²) in [6, 6.07) is 3.61. The van der Waals surface area contributed by atoms with E-state index >= 15 is 0 Å². The van der Waals surface area contributed by atoms with Crippen LogP contribution in [0.4, 0.5) is 0 Å². The number of halogens is 1. The van der Waals surface area contributed by atoms with E-state index in [2.05, 4.69) is 15.9 Å². The second kappa shape index (κ2) is 7.14. The van der Waals surface area contributed by atoms with Crippen molar-refractivity contribution >= 4 is 31.9 Å². The van der Waals surface area contributed by atoms with Gasteiger partial charge in [-0.25, -0.2) is 13.2 Å². The molecule has 9 heteroatoms. The first-order chi connectivity index (χ1) is 9.34. The van der Waals surface area contributed by atoms with Gasteiger partial charge in [0.2, 0.25) is 10.0 Å². The van der Waals surface area contributed by atoms with Crippen molar-refractivity contribution in [3.8, 4) is 0 Å². The zero-order valence-corrected chi connectivity index (χ0v) is 12.8. The molecule has 0 atom stereocenters. The third kappa shape index (κ3) is 3.76. The number of carbonyl (C=O) groups is 1. The van der Waals surface area contributed by atoms with Crippen LogP contribution in [-0.4, -0.2) is 60.3 Å². The van der Waals surface area contributed by atoms with Gasteiger partial charge in [0.15, 0.2) is 0 Å². The molecule has 0 bridgehead atoms. The third-order valence-corrected chi connectivity index (χ3v) is 5.09. The second-order valence-electron chi connectivity index (χ2n) is 3.80. The predicted octanol–water partition coefficient (Wildman–Crippen LogP) is 0.123. The number of hydrogen-bond acceptors (Lipinski definition) is 5. The standard InChI is InChI=1S/C11H14BrNO6S/c12-10-2-1-8(7-9(10)11(16)17)20(18,19)13(3-5-14)4-6-15/h1-2,7,14-15H,3-6H2,(H,16,17). The van der Waals surface area contributed by atoms with Crippen LogP contribution in [-0.2, 0) is 10.0 Å². The van der Waals surface area contributed by atoms with Crippen LogP contribution in [0.25, 0.3) is 0 Å². The Kier molecular flexibility index (Phi) is 6.08. The van der Waals surface area contributed by atoms with Gasteiger partial charge in [-0.2, -0.15) is 4.31 Å². The second-order valence-corrected chi connectivity index (χ2v) is 6.59. The quantitative estimate of drug-likeness (QED) is 0.630. The number of aromatic carboxylic acids is 1. The van der Waals surface area contributed by atoms with E-state index in [4.69, 9.17) is 15.3 Å². The third-order valence-electron chi connectivity index (χ3n) is 2.50. The predicted molar refractivity (Wildman–Crippen MR) is 74.0 cm³/mol. The van der Waals surface area contributed by atoms with E-state index in [1.165, 1.54) is 12.1 Å². The summed E-state index contributed by atoms with van der Waals surface area (Å²) in [5.74, 6) is -1.26. The summed E-state index contributed by atoms with van der Waals surface area (Å²) in [6.45, 7) is -1.16. The Morgan fingerprint density at radius 1 is 1.20 bits per heavy atom. The van der Waals surface area contributed by atoms with Crippen molar-refractivity contribution < 1.29 is 28.5 Å². The molecule has 3 N–H and O–H groups in total. The Labute approximate surface area is 124 Å². The van der Waals surface area contributed by atoms with Crippen LogP contribution in [0.3, 0.4) is 0 Å². The molecule has 20 heavy (non-hydrogen) atoms. The summed E-state index contributed by atoms with van der Waals surface area (Å²) in [7, 11) is -3.97. The molecule has 0 aliphatic rings. The number of carboxylic acids is 1. The first-order valence-corrected chi connectivity index (χ1v) is 7.82. The molecule has 1 aromatic carbocycles. The van der Waals surface area contributed by atoms with E-state index in [0.717, 1.165) is 10.4 Å². The number of aliphatic hydroxyl groups is 2. The molecule has 0 fully saturated rings. The summed E-state index contributed by atoms with van der Waals surface area (Å²) in [6.07, 6.45) is 0. The summed E-state index contributed by atoms with van der Waals surface area (Å²) >= 11 is 3.03. The fourth-order valence-corrected chi connectivity index (χ4v) is 3.42. The molecule has 0 aliphatic carbocycles. The Balaban J connectivity index is 3.26. The van der Waals surface area contributed by atoms with E-state index in [0.29, 0.717) is 0 Å². The molecular formula is C11H14BrNO6S. The highest BCUT2D eigenvalue weighted by atomic mass is 79.9. The van der Waals surface area contributed by atoms with Gasteiger partial charge in [-0.1, -0.05) is 0 Å². The monoisotopic (exact) mass is 367 g/mol. The van der Waals surface area contributed by atoms with Gasteiger partial charge in [-0.3, -0.25) is 0 Å². The number of nitrogens with zero attached hydrogens (tertiary/aromatic N) is 1. The SMILES string of the molecule is O=C(O)c1cc(S(=O)(=O)N(CCO)CCO)ccc1Br. The van der Waals surface area contributed by atoms with Gasteiger partial charge in [-0.15, -0.1) is 0 Å². The zero-order valence-electron chi connectivity index (χ0n) is 10.4. The number of hydrogen-bond donors (Lipinski definition) is 3. The van der Waals surface area contributed by atoms with E-state index in [-0.39, 0.29) is 28.0 Å². The lowest BCUT2D eigenvalue weighted by atomic mass is 10.2. The van der Waals surface area contributed by atoms with Crippen molar-refractivity contribution in [2.24, 2.45) is 0 Å². The molecule has 0 aliphatic heterocycles. The fraction of sp³-hybridized carbons (Fsp3) is 0.364. The number of sulfonamides is 1. The van der Waals surface area contributed by atoms with E-state index in [1.807, 2.05) is 0 Å². The van der Waals surface area contributed by atoms with Gasteiger partial charge in [0, 0.05) is 17.6 Å². The first kappa shape index (κ1) is 17.1. The Morgan fingerprint density at radius 2 is 1.75 bits per heavy atom. The molecule has 112 valence electrons. The van der Waals surface area contributed by atoms with Gasteiger partial charge in [0.25, 0.3) is 0 Å². The minimum absolute atomic E-state index is 0.179. The number of carboxylic acid groups (broad SMARTS) is 1. The number of rotatable bonds is 7. The summed E-state index contributed by atoms with van der Waals surface area (Å²) < 4.78 is 25.7. The number of aliphatic hydroxyl groups excluding tert-OH is 2. The summed E-state index contributed by atoms with van der Waals surface area (Å²) in [4.78, 5) is 10.8. The average molecular weight is 368 g/mol. The lowest BCUT2D eigenvalue weighted by Gasteiger charge is -2.20. The first-order valence-electron chi connectivity index (χ1n) is 5.59. The van der Waals surface area contributed by atoms with Crippen molar-refractivity contribution in [2.45, 2.75) is 4.90 Å². The molecule has 1 rings (SSSR count). The largest absolute Gasteiger partial charge is 0.478 e. The molecule has 0 unspecified atom stereocenters. The molecule has 0 heterocycles. The lowest BCUT2D eigenvalue weighted by Crippen LogP contribution is -2.36. The Bertz CT molecular complexity index is 583. The van der Waals surface area contributed by atoms with E-state index in [1.54, 1.807) is 0 Å². The van der Waals surface area contributed by atoms with Crippen LogP contribution >= 0.6 is 15.9 Å². The normalized spacial score (nSPS) is 11.8. The van der Waals surface area contributed by atoms with Crippen molar-refractivity contribution in [1.82, 2.24) is 4.31 Å². The van der Waals surface area contributed by atoms with Crippen molar-refractivity contribution in [1.29, 1.82) is 0 Å². The average Bonchev–Trinajstić information content (AvgIpc) is 2.38. The van der Waals surface area contributed by atoms with Crippen molar-refractivity contribution in [3.05, 3.63) is 28.2 Å². The molecule has 0 amide bonds. The van der Waals surface area contributed by atoms with Crippen LogP contribution in [0.5, 0.6) is 0 Å². The smallest absolute Gasteiger partial charge is 0.336 e. The van der Waals surface area contributed by atoms with Crippen LogP contribution in [0.1, 0.15) is 10.4 Å². The number of benzene rings is 1. The minimum Gasteiger partial charge on any atom is -0.478 e. The Morgan fingerprint density at radius 3 is 2.20 bits per heavy atom. The molecule has 0 saturated carbocycles. The fourth-order valence-electron chi connectivity index (χ4n) is 1.55. The maximum atomic E-state index is 12.3. The van der Waals surface area contributed by atoms with Crippen molar-refractivity contribution in [2.75, 3.05) is 26.3 Å². The van der Waals surface area contributed by atoms with Gasteiger partial charge >= 0.3 is 5.97 Å². The molecule has 7 nitrogen and oxygen atoms in total. The summed E-state index contributed by atoms with van der Waals surface area (Å²) in [5, 5.41) is 26.7. The highest BCUT2D eigenvalue weighted by Crippen LogP contribution is 2.23. The highest BCUT2D eigenvalue weighted by Gasteiger charge is 2.25. The van der Waals surface area contributed by atoms with Gasteiger partial charge in [-0.05, 0) is 34.1 Å². The van der Waals surface area contributed by atoms with E-state index < -0.39 is 29.2 Å². The maximum absolute atomic E-state index is 12.3. The molecule has 1 aromatic rings. The molecule has 0 radical (unpaired) electrons. The van der Waals surface area contributed by atoms with E-state index in [9.17, 15) is 13.2 Å².